The standard InChI is InChI=1S/C11H20NOP/c1-4-12(5-2)14(3,13)11-9-7-6-8-10-11/h7-11H,4-6H2,1-3H3. The molecule has 0 aromatic rings. The van der Waals surface area contributed by atoms with Crippen LogP contribution in [0.3, 0.4) is 0 Å². The normalized spacial score (nSPS) is 21.4. The van der Waals surface area contributed by atoms with Crippen LogP contribution in [0.4, 0.5) is 0 Å². The van der Waals surface area contributed by atoms with Crippen molar-refractivity contribution in [2.24, 2.45) is 0 Å². The number of hydrogen-bond donors (Lipinski definition) is 0. The minimum absolute atomic E-state index is 0.121. The van der Waals surface area contributed by atoms with Gasteiger partial charge in [0.15, 0.2) is 7.29 Å². The molecule has 0 aromatic carbocycles. The number of nitrogens with zero attached hydrogens (tertiary/aromatic N) is 1. The second-order valence-electron chi connectivity index (χ2n) is 3.66. The minimum atomic E-state index is -2.22. The van der Waals surface area contributed by atoms with Crippen LogP contribution in [0.2, 0.25) is 0 Å². The van der Waals surface area contributed by atoms with Gasteiger partial charge in [-0.2, -0.15) is 0 Å². The smallest absolute Gasteiger partial charge is 0.157 e. The minimum Gasteiger partial charge on any atom is -0.306 e. The molecule has 0 bridgehead atoms. The van der Waals surface area contributed by atoms with Crippen molar-refractivity contribution in [3.8, 4) is 0 Å². The van der Waals surface area contributed by atoms with E-state index in [4.69, 9.17) is 0 Å². The molecule has 1 aliphatic rings. The second kappa shape index (κ2) is 4.95. The van der Waals surface area contributed by atoms with E-state index in [2.05, 4.69) is 42.8 Å². The molecule has 1 unspecified atom stereocenters. The van der Waals surface area contributed by atoms with Gasteiger partial charge in [-0.25, -0.2) is 0 Å². The molecule has 0 aliphatic heterocycles. The van der Waals surface area contributed by atoms with Gasteiger partial charge < -0.3 is 4.57 Å². The van der Waals surface area contributed by atoms with E-state index in [1.54, 1.807) is 0 Å². The number of rotatable bonds is 4. The van der Waals surface area contributed by atoms with Crippen molar-refractivity contribution in [2.45, 2.75) is 25.9 Å². The van der Waals surface area contributed by atoms with Crippen LogP contribution in [0.25, 0.3) is 0 Å². The molecule has 14 heavy (non-hydrogen) atoms. The van der Waals surface area contributed by atoms with Gasteiger partial charge in [0.25, 0.3) is 0 Å². The molecule has 0 fully saturated rings. The van der Waals surface area contributed by atoms with Gasteiger partial charge in [-0.1, -0.05) is 38.2 Å². The first-order valence-corrected chi connectivity index (χ1v) is 7.46. The molecule has 0 saturated carbocycles. The highest BCUT2D eigenvalue weighted by Gasteiger charge is 2.29. The fourth-order valence-corrected chi connectivity index (χ4v) is 4.25. The van der Waals surface area contributed by atoms with E-state index >= 15 is 0 Å². The van der Waals surface area contributed by atoms with Gasteiger partial charge in [-0.05, 0) is 6.42 Å². The highest BCUT2D eigenvalue weighted by atomic mass is 31.2. The van der Waals surface area contributed by atoms with Crippen molar-refractivity contribution in [3.63, 3.8) is 0 Å². The molecule has 80 valence electrons. The SMILES string of the molecule is CCN(CC)P(C)(=O)C1C=CCC=C1. The van der Waals surface area contributed by atoms with Gasteiger partial charge in [0.05, 0.1) is 5.66 Å². The second-order valence-corrected chi connectivity index (χ2v) is 6.71. The first-order chi connectivity index (χ1) is 6.62. The lowest BCUT2D eigenvalue weighted by atomic mass is 10.2. The maximum Gasteiger partial charge on any atom is 0.157 e. The van der Waals surface area contributed by atoms with E-state index in [-0.39, 0.29) is 5.66 Å². The highest BCUT2D eigenvalue weighted by Crippen LogP contribution is 2.52. The Morgan fingerprint density at radius 3 is 2.21 bits per heavy atom. The van der Waals surface area contributed by atoms with Crippen molar-refractivity contribution >= 4 is 7.29 Å². The molecule has 0 amide bonds. The van der Waals surface area contributed by atoms with Gasteiger partial charge >= 0.3 is 0 Å². The van der Waals surface area contributed by atoms with Crippen molar-refractivity contribution in [1.82, 2.24) is 4.67 Å². The molecule has 0 radical (unpaired) electrons. The molecule has 0 aromatic heterocycles. The van der Waals surface area contributed by atoms with Crippen LogP contribution in [-0.2, 0) is 4.57 Å². The molecule has 0 saturated heterocycles. The fourth-order valence-electron chi connectivity index (χ4n) is 1.87. The summed E-state index contributed by atoms with van der Waals surface area (Å²) in [6, 6.07) is 0. The molecular weight excluding hydrogens is 193 g/mol. The van der Waals surface area contributed by atoms with E-state index in [0.29, 0.717) is 0 Å². The quantitative estimate of drug-likeness (QED) is 0.528. The van der Waals surface area contributed by atoms with Crippen molar-refractivity contribution < 1.29 is 4.57 Å². The molecule has 2 nitrogen and oxygen atoms in total. The largest absolute Gasteiger partial charge is 0.306 e. The first-order valence-electron chi connectivity index (χ1n) is 5.28. The van der Waals surface area contributed by atoms with Crippen LogP contribution in [-0.4, -0.2) is 30.1 Å². The number of hydrogen-bond acceptors (Lipinski definition) is 1. The number of allylic oxidation sites excluding steroid dienone is 4. The summed E-state index contributed by atoms with van der Waals surface area (Å²) in [5, 5.41) is 0. The topological polar surface area (TPSA) is 20.3 Å². The van der Waals surface area contributed by atoms with Crippen molar-refractivity contribution in [1.29, 1.82) is 0 Å². The van der Waals surface area contributed by atoms with Gasteiger partial charge in [0.2, 0.25) is 0 Å². The van der Waals surface area contributed by atoms with Crippen LogP contribution in [0.15, 0.2) is 24.3 Å². The van der Waals surface area contributed by atoms with E-state index < -0.39 is 7.29 Å². The Labute approximate surface area is 87.1 Å². The summed E-state index contributed by atoms with van der Waals surface area (Å²) < 4.78 is 14.6. The van der Waals surface area contributed by atoms with Crippen LogP contribution >= 0.6 is 7.29 Å². The third kappa shape index (κ3) is 2.37. The Morgan fingerprint density at radius 2 is 1.79 bits per heavy atom. The Kier molecular flexibility index (Phi) is 4.15. The summed E-state index contributed by atoms with van der Waals surface area (Å²) in [5.74, 6) is 0. The lowest BCUT2D eigenvalue weighted by molar-refractivity contribution is 0.445. The predicted molar refractivity (Wildman–Crippen MR) is 63.1 cm³/mol. The monoisotopic (exact) mass is 213 g/mol. The van der Waals surface area contributed by atoms with Crippen LogP contribution in [0.5, 0.6) is 0 Å². The van der Waals surface area contributed by atoms with E-state index in [9.17, 15) is 4.57 Å². The van der Waals surface area contributed by atoms with Gasteiger partial charge in [-0.3, -0.25) is 4.67 Å². The van der Waals surface area contributed by atoms with Gasteiger partial charge in [0.1, 0.15) is 0 Å². The third-order valence-corrected chi connectivity index (χ3v) is 5.92. The Morgan fingerprint density at radius 1 is 1.29 bits per heavy atom. The predicted octanol–water partition coefficient (Wildman–Crippen LogP) is 3.12. The average Bonchev–Trinajstić information content (AvgIpc) is 2.20. The molecule has 0 spiro atoms. The van der Waals surface area contributed by atoms with E-state index in [1.807, 2.05) is 6.66 Å². The zero-order chi connectivity index (χ0) is 10.6. The Hall–Kier alpha value is -0.330. The van der Waals surface area contributed by atoms with Crippen LogP contribution in [0, 0.1) is 0 Å². The summed E-state index contributed by atoms with van der Waals surface area (Å²) in [6.45, 7) is 7.75. The molecule has 1 aliphatic carbocycles. The fraction of sp³-hybridized carbons (Fsp3) is 0.636. The zero-order valence-electron chi connectivity index (χ0n) is 9.31. The van der Waals surface area contributed by atoms with Crippen molar-refractivity contribution in [3.05, 3.63) is 24.3 Å². The maximum atomic E-state index is 12.6. The Balaban J connectivity index is 2.82. The molecule has 3 heteroatoms. The lowest BCUT2D eigenvalue weighted by Crippen LogP contribution is -2.24. The summed E-state index contributed by atoms with van der Waals surface area (Å²) in [6.07, 6.45) is 9.35. The molecule has 0 heterocycles. The summed E-state index contributed by atoms with van der Waals surface area (Å²) in [5.41, 5.74) is 0.121. The summed E-state index contributed by atoms with van der Waals surface area (Å²) in [7, 11) is -2.22. The third-order valence-electron chi connectivity index (χ3n) is 2.78. The summed E-state index contributed by atoms with van der Waals surface area (Å²) in [4.78, 5) is 0. The average molecular weight is 213 g/mol. The van der Waals surface area contributed by atoms with Gasteiger partial charge in [-0.15, -0.1) is 0 Å². The molecule has 0 N–H and O–H groups in total. The molecular formula is C11H20NOP. The van der Waals surface area contributed by atoms with Crippen molar-refractivity contribution in [2.75, 3.05) is 19.8 Å². The highest BCUT2D eigenvalue weighted by molar-refractivity contribution is 7.61. The lowest BCUT2D eigenvalue weighted by Gasteiger charge is -2.31. The van der Waals surface area contributed by atoms with E-state index in [0.717, 1.165) is 19.5 Å². The zero-order valence-corrected chi connectivity index (χ0v) is 10.2. The van der Waals surface area contributed by atoms with Crippen LogP contribution in [0.1, 0.15) is 20.3 Å². The first kappa shape index (κ1) is 11.7. The van der Waals surface area contributed by atoms with E-state index in [1.165, 1.54) is 0 Å². The van der Waals surface area contributed by atoms with Gasteiger partial charge in [0, 0.05) is 19.8 Å². The van der Waals surface area contributed by atoms with Crippen LogP contribution < -0.4 is 0 Å². The summed E-state index contributed by atoms with van der Waals surface area (Å²) >= 11 is 0. The Bertz CT molecular complexity index is 267. The molecule has 1 rings (SSSR count). The molecule has 1 atom stereocenters. The maximum absolute atomic E-state index is 12.6.